The second kappa shape index (κ2) is 11.5. The van der Waals surface area contributed by atoms with E-state index in [9.17, 15) is 0 Å². The van der Waals surface area contributed by atoms with Gasteiger partial charge >= 0.3 is 0 Å². The molecule has 3 heterocycles. The second-order valence-corrected chi connectivity index (χ2v) is 10.6. The molecule has 0 unspecified atom stereocenters. The van der Waals surface area contributed by atoms with E-state index in [1.807, 2.05) is 18.5 Å². The molecule has 1 fully saturated rings. The number of imidazole rings is 1. The van der Waals surface area contributed by atoms with E-state index in [1.165, 1.54) is 9.75 Å². The molecule has 4 N–H and O–H groups in total. The number of thiophene rings is 1. The minimum absolute atomic E-state index is 0. The highest BCUT2D eigenvalue weighted by atomic mass is 35.5. The maximum atomic E-state index is 6.09. The van der Waals surface area contributed by atoms with Gasteiger partial charge in [0.1, 0.15) is 5.75 Å². The van der Waals surface area contributed by atoms with Crippen molar-refractivity contribution in [3.8, 4) is 16.2 Å². The van der Waals surface area contributed by atoms with Crippen LogP contribution in [-0.4, -0.2) is 38.7 Å². The number of halogens is 1. The Labute approximate surface area is 222 Å². The van der Waals surface area contributed by atoms with E-state index in [-0.39, 0.29) is 18.4 Å². The molecule has 0 radical (unpaired) electrons. The average Bonchev–Trinajstić information content (AvgIpc) is 3.51. The van der Waals surface area contributed by atoms with Gasteiger partial charge in [0, 0.05) is 27.9 Å². The molecule has 0 saturated heterocycles. The van der Waals surface area contributed by atoms with E-state index < -0.39 is 0 Å². The van der Waals surface area contributed by atoms with Crippen LogP contribution in [0.2, 0.25) is 0 Å². The molecule has 0 atom stereocenters. The molecule has 192 valence electrons. The smallest absolute Gasteiger partial charge is 0.227 e. The number of benzene rings is 1. The van der Waals surface area contributed by atoms with Crippen LogP contribution >= 0.6 is 23.7 Å². The minimum atomic E-state index is 0. The number of anilines is 2. The molecule has 36 heavy (non-hydrogen) atoms. The number of aromatic nitrogens is 4. The van der Waals surface area contributed by atoms with Gasteiger partial charge in [0.2, 0.25) is 5.95 Å². The summed E-state index contributed by atoms with van der Waals surface area (Å²) in [5.74, 6) is 2.26. The zero-order valence-corrected chi connectivity index (χ0v) is 22.5. The molecule has 0 aliphatic heterocycles. The van der Waals surface area contributed by atoms with Crippen LogP contribution in [-0.2, 0) is 6.54 Å². The van der Waals surface area contributed by atoms with Crippen molar-refractivity contribution < 1.29 is 4.74 Å². The van der Waals surface area contributed by atoms with Crippen molar-refractivity contribution in [2.75, 3.05) is 17.7 Å². The zero-order chi connectivity index (χ0) is 24.4. The van der Waals surface area contributed by atoms with E-state index >= 15 is 0 Å². The lowest BCUT2D eigenvalue weighted by atomic mass is 9.92. The number of nitrogens with one attached hydrogen (secondary N) is 2. The van der Waals surface area contributed by atoms with Crippen molar-refractivity contribution in [2.24, 2.45) is 5.73 Å². The van der Waals surface area contributed by atoms with Crippen LogP contribution in [0.5, 0.6) is 5.75 Å². The monoisotopic (exact) mass is 527 g/mol. The summed E-state index contributed by atoms with van der Waals surface area (Å²) in [4.78, 5) is 16.7. The van der Waals surface area contributed by atoms with Crippen LogP contribution < -0.4 is 21.1 Å². The van der Waals surface area contributed by atoms with Crippen molar-refractivity contribution >= 4 is 46.7 Å². The van der Waals surface area contributed by atoms with Gasteiger partial charge in [-0.25, -0.2) is 4.98 Å². The molecule has 10 heteroatoms. The van der Waals surface area contributed by atoms with Crippen molar-refractivity contribution in [1.29, 1.82) is 0 Å². The minimum Gasteiger partial charge on any atom is -0.497 e. The SMILES string of the molecule is COc1cccc(-c2ccc(CNc3nc(NC4CCC(N)CC4)nc4c3ncn4C(C)C)s2)c1.Cl. The summed E-state index contributed by atoms with van der Waals surface area (Å²) in [5, 5.41) is 7.08. The molecule has 3 aromatic heterocycles. The molecule has 0 spiro atoms. The van der Waals surface area contributed by atoms with Gasteiger partial charge in [-0.3, -0.25) is 0 Å². The Morgan fingerprint density at radius 1 is 1.14 bits per heavy atom. The fourth-order valence-electron chi connectivity index (χ4n) is 4.50. The van der Waals surface area contributed by atoms with Crippen LogP contribution in [0.1, 0.15) is 50.4 Å². The van der Waals surface area contributed by atoms with Crippen molar-refractivity contribution in [2.45, 2.75) is 64.2 Å². The Morgan fingerprint density at radius 2 is 1.94 bits per heavy atom. The van der Waals surface area contributed by atoms with Gasteiger partial charge in [-0.15, -0.1) is 23.7 Å². The molecule has 4 aromatic rings. The van der Waals surface area contributed by atoms with E-state index in [2.05, 4.69) is 58.3 Å². The lowest BCUT2D eigenvalue weighted by Crippen LogP contribution is -2.33. The van der Waals surface area contributed by atoms with Crippen LogP contribution in [0, 0.1) is 0 Å². The third-order valence-electron chi connectivity index (χ3n) is 6.53. The summed E-state index contributed by atoms with van der Waals surface area (Å²) >= 11 is 1.76. The standard InChI is InChI=1S/C26H33N7OS.ClH/c1-16(2)33-15-29-23-24(31-26(32-25(23)33)30-19-9-7-18(27)8-10-19)28-14-21-11-12-22(35-21)17-5-4-6-20(13-17)34-3;/h4-6,11-13,15-16,18-19H,7-10,14,27H2,1-3H3,(H2,28,30,31,32);1H. The zero-order valence-electron chi connectivity index (χ0n) is 20.9. The van der Waals surface area contributed by atoms with Gasteiger partial charge in [-0.05, 0) is 69.4 Å². The lowest BCUT2D eigenvalue weighted by molar-refractivity contribution is 0.410. The van der Waals surface area contributed by atoms with Gasteiger partial charge < -0.3 is 25.7 Å². The Balaban J connectivity index is 0.00000304. The maximum Gasteiger partial charge on any atom is 0.227 e. The molecular weight excluding hydrogens is 494 g/mol. The quantitative estimate of drug-likeness (QED) is 0.263. The van der Waals surface area contributed by atoms with E-state index in [0.29, 0.717) is 24.6 Å². The van der Waals surface area contributed by atoms with Crippen LogP contribution in [0.4, 0.5) is 11.8 Å². The van der Waals surface area contributed by atoms with Crippen LogP contribution in [0.15, 0.2) is 42.7 Å². The number of nitrogens with zero attached hydrogens (tertiary/aromatic N) is 4. The Hall–Kier alpha value is -2.88. The molecule has 1 aliphatic rings. The van der Waals surface area contributed by atoms with Gasteiger partial charge in [-0.1, -0.05) is 12.1 Å². The summed E-state index contributed by atoms with van der Waals surface area (Å²) in [5.41, 5.74) is 8.88. The normalized spacial score (nSPS) is 17.7. The predicted molar refractivity (Wildman–Crippen MR) is 150 cm³/mol. The maximum absolute atomic E-state index is 6.09. The number of rotatable bonds is 8. The fourth-order valence-corrected chi connectivity index (χ4v) is 5.45. The third kappa shape index (κ3) is 5.74. The first-order valence-electron chi connectivity index (χ1n) is 12.2. The first kappa shape index (κ1) is 26.2. The van der Waals surface area contributed by atoms with Crippen molar-refractivity contribution in [1.82, 2.24) is 19.5 Å². The van der Waals surface area contributed by atoms with Gasteiger partial charge in [0.15, 0.2) is 17.0 Å². The summed E-state index contributed by atoms with van der Waals surface area (Å²) in [6.07, 6.45) is 5.99. The van der Waals surface area contributed by atoms with Gasteiger partial charge in [0.05, 0.1) is 20.0 Å². The number of ether oxygens (including phenoxy) is 1. The summed E-state index contributed by atoms with van der Waals surface area (Å²) in [6.45, 7) is 4.93. The highest BCUT2D eigenvalue weighted by Crippen LogP contribution is 2.31. The fraction of sp³-hybridized carbons (Fsp3) is 0.423. The molecule has 1 saturated carbocycles. The average molecular weight is 528 g/mol. The highest BCUT2D eigenvalue weighted by molar-refractivity contribution is 7.15. The number of fused-ring (bicyclic) bond motifs is 1. The topological polar surface area (TPSA) is 103 Å². The first-order valence-corrected chi connectivity index (χ1v) is 13.1. The van der Waals surface area contributed by atoms with E-state index in [1.54, 1.807) is 18.4 Å². The third-order valence-corrected chi connectivity index (χ3v) is 7.66. The number of nitrogens with two attached hydrogens (primary N) is 1. The van der Waals surface area contributed by atoms with Crippen molar-refractivity contribution in [3.63, 3.8) is 0 Å². The highest BCUT2D eigenvalue weighted by Gasteiger charge is 2.21. The second-order valence-electron chi connectivity index (χ2n) is 9.42. The van der Waals surface area contributed by atoms with Gasteiger partial charge in [0.25, 0.3) is 0 Å². The largest absolute Gasteiger partial charge is 0.497 e. The summed E-state index contributed by atoms with van der Waals surface area (Å²) in [7, 11) is 1.69. The Morgan fingerprint density at radius 3 is 2.69 bits per heavy atom. The molecule has 8 nitrogen and oxygen atoms in total. The Kier molecular flexibility index (Phi) is 8.33. The molecular formula is C26H34ClN7OS. The number of hydrogen-bond donors (Lipinski definition) is 3. The number of methoxy groups -OCH3 is 1. The molecule has 0 bridgehead atoms. The molecule has 1 aliphatic carbocycles. The molecule has 1 aromatic carbocycles. The molecule has 0 amide bonds. The lowest BCUT2D eigenvalue weighted by Gasteiger charge is -2.27. The predicted octanol–water partition coefficient (Wildman–Crippen LogP) is 5.86. The van der Waals surface area contributed by atoms with Crippen LogP contribution in [0.25, 0.3) is 21.6 Å². The Bertz CT molecular complexity index is 1300. The summed E-state index contributed by atoms with van der Waals surface area (Å²) < 4.78 is 7.47. The van der Waals surface area contributed by atoms with Gasteiger partial charge in [-0.2, -0.15) is 9.97 Å². The summed E-state index contributed by atoms with van der Waals surface area (Å²) in [6, 6.07) is 13.4. The van der Waals surface area contributed by atoms with Crippen LogP contribution in [0.3, 0.4) is 0 Å². The number of hydrogen-bond acceptors (Lipinski definition) is 8. The van der Waals surface area contributed by atoms with Crippen molar-refractivity contribution in [3.05, 3.63) is 47.6 Å². The molecule has 5 rings (SSSR count). The first-order chi connectivity index (χ1) is 17.0. The van der Waals surface area contributed by atoms with E-state index in [0.717, 1.165) is 54.0 Å². The van der Waals surface area contributed by atoms with E-state index in [4.69, 9.17) is 20.4 Å².